The third kappa shape index (κ3) is 5.22. The van der Waals surface area contributed by atoms with E-state index in [2.05, 4.69) is 45.2 Å². The fourth-order valence-corrected chi connectivity index (χ4v) is 3.36. The van der Waals surface area contributed by atoms with Crippen molar-refractivity contribution in [2.75, 3.05) is 19.8 Å². The molecule has 0 aliphatic heterocycles. The maximum Gasteiger partial charge on any atom is 0.302 e. The molecule has 0 aliphatic carbocycles. The van der Waals surface area contributed by atoms with Crippen LogP contribution in [0.25, 0.3) is 0 Å². The Hall–Kier alpha value is -0.420. The molecular weight excluding hydrogens is 478 g/mol. The molecule has 5 nitrogen and oxygen atoms in total. The van der Waals surface area contributed by atoms with Gasteiger partial charge in [-0.2, -0.15) is 0 Å². The van der Waals surface area contributed by atoms with Gasteiger partial charge < -0.3 is 14.6 Å². The van der Waals surface area contributed by atoms with E-state index >= 15 is 0 Å². The Bertz CT molecular complexity index is 464. The molecule has 0 unspecified atom stereocenters. The Kier molecular flexibility index (Phi) is 7.00. The van der Waals surface area contributed by atoms with E-state index in [9.17, 15) is 9.59 Å². The van der Waals surface area contributed by atoms with E-state index in [0.29, 0.717) is 11.3 Å². The summed E-state index contributed by atoms with van der Waals surface area (Å²) in [6.07, 6.45) is 0. The van der Waals surface area contributed by atoms with Crippen molar-refractivity contribution >= 4 is 56.9 Å². The number of carbonyl (C=O) groups is 2. The molecule has 1 aromatic rings. The Labute approximate surface area is 137 Å². The first kappa shape index (κ1) is 16.6. The van der Waals surface area contributed by atoms with E-state index in [1.165, 1.54) is 6.92 Å². The molecule has 1 rings (SSSR count). The average molecular weight is 490 g/mol. The zero-order valence-electron chi connectivity index (χ0n) is 10.1. The first-order valence-corrected chi connectivity index (χ1v) is 7.50. The molecule has 0 amide bonds. The summed E-state index contributed by atoms with van der Waals surface area (Å²) in [5.74, 6) is -0.0398. The van der Waals surface area contributed by atoms with Gasteiger partial charge in [0.05, 0.1) is 7.14 Å². The second-order valence-corrected chi connectivity index (χ2v) is 5.86. The van der Waals surface area contributed by atoms with Crippen LogP contribution >= 0.6 is 45.2 Å². The minimum atomic E-state index is -0.515. The number of rotatable bonds is 6. The molecule has 0 radical (unpaired) electrons. The Morgan fingerprint density at radius 2 is 1.79 bits per heavy atom. The average Bonchev–Trinajstić information content (AvgIpc) is 2.35. The quantitative estimate of drug-likeness (QED) is 0.286. The van der Waals surface area contributed by atoms with Gasteiger partial charge >= 0.3 is 5.97 Å². The third-order valence-electron chi connectivity index (χ3n) is 2.10. The lowest BCUT2D eigenvalue weighted by atomic mass is 10.1. The van der Waals surface area contributed by atoms with Crippen LogP contribution in [-0.4, -0.2) is 36.7 Å². The second kappa shape index (κ2) is 8.00. The van der Waals surface area contributed by atoms with Gasteiger partial charge in [0.2, 0.25) is 0 Å². The number of carbonyl (C=O) groups excluding carboxylic acids is 2. The van der Waals surface area contributed by atoms with Gasteiger partial charge in [-0.25, -0.2) is 0 Å². The van der Waals surface area contributed by atoms with Crippen LogP contribution in [0.4, 0.5) is 0 Å². The lowest BCUT2D eigenvalue weighted by Crippen LogP contribution is -2.11. The van der Waals surface area contributed by atoms with Crippen LogP contribution in [0.5, 0.6) is 5.75 Å². The summed E-state index contributed by atoms with van der Waals surface area (Å²) in [6, 6.07) is 3.31. The molecule has 0 atom stereocenters. The first-order chi connectivity index (χ1) is 8.95. The Morgan fingerprint density at radius 1 is 1.21 bits per heavy atom. The molecule has 7 heteroatoms. The van der Waals surface area contributed by atoms with Crippen LogP contribution in [0.1, 0.15) is 17.3 Å². The van der Waals surface area contributed by atoms with Crippen LogP contribution in [-0.2, 0) is 9.53 Å². The molecule has 1 N–H and O–H groups in total. The normalized spacial score (nSPS) is 10.1. The van der Waals surface area contributed by atoms with Crippen molar-refractivity contribution in [2.24, 2.45) is 0 Å². The highest BCUT2D eigenvalue weighted by Gasteiger charge is 2.13. The largest absolute Gasteiger partial charge is 0.488 e. The van der Waals surface area contributed by atoms with Gasteiger partial charge in [0.15, 0.2) is 5.78 Å². The molecule has 19 heavy (non-hydrogen) atoms. The van der Waals surface area contributed by atoms with Gasteiger partial charge in [-0.15, -0.1) is 0 Å². The monoisotopic (exact) mass is 490 g/mol. The van der Waals surface area contributed by atoms with E-state index in [4.69, 9.17) is 14.6 Å². The lowest BCUT2D eigenvalue weighted by Gasteiger charge is -2.11. The Balaban J connectivity index is 2.74. The highest BCUT2D eigenvalue weighted by atomic mass is 127. The van der Waals surface area contributed by atoms with E-state index in [-0.39, 0.29) is 25.0 Å². The van der Waals surface area contributed by atoms with Crippen LogP contribution < -0.4 is 4.74 Å². The van der Waals surface area contributed by atoms with Crippen molar-refractivity contribution in [1.82, 2.24) is 0 Å². The molecular formula is C12H12I2O5. The predicted molar refractivity (Wildman–Crippen MR) is 85.4 cm³/mol. The summed E-state index contributed by atoms with van der Waals surface area (Å²) in [4.78, 5) is 22.0. The zero-order valence-corrected chi connectivity index (χ0v) is 14.4. The van der Waals surface area contributed by atoms with Crippen molar-refractivity contribution in [2.45, 2.75) is 6.92 Å². The number of aliphatic hydroxyl groups is 1. The topological polar surface area (TPSA) is 72.8 Å². The molecule has 0 aliphatic rings. The van der Waals surface area contributed by atoms with Crippen molar-refractivity contribution in [3.8, 4) is 5.75 Å². The summed E-state index contributed by atoms with van der Waals surface area (Å²) in [7, 11) is 0. The van der Waals surface area contributed by atoms with Crippen molar-refractivity contribution in [3.63, 3.8) is 0 Å². The van der Waals surface area contributed by atoms with Gasteiger partial charge in [0.1, 0.15) is 25.6 Å². The molecule has 0 saturated heterocycles. The summed E-state index contributed by atoms with van der Waals surface area (Å²) >= 11 is 4.11. The Morgan fingerprint density at radius 3 is 2.26 bits per heavy atom. The minimum Gasteiger partial charge on any atom is -0.488 e. The van der Waals surface area contributed by atoms with Crippen LogP contribution in [0, 0.1) is 7.14 Å². The maximum atomic E-state index is 11.4. The molecule has 0 aromatic heterocycles. The number of halogens is 2. The van der Waals surface area contributed by atoms with Gasteiger partial charge in [0, 0.05) is 12.5 Å². The standard InChI is InChI=1S/C12H12I2O5/c1-7(16)18-2-3-19-12-9(13)4-8(5-10(12)14)11(17)6-15/h4-5,15H,2-3,6H2,1H3. The number of aliphatic hydroxyl groups excluding tert-OH is 1. The van der Waals surface area contributed by atoms with E-state index in [1.54, 1.807) is 12.1 Å². The second-order valence-electron chi connectivity index (χ2n) is 3.54. The summed E-state index contributed by atoms with van der Waals surface area (Å²) < 4.78 is 11.8. The molecule has 0 heterocycles. The van der Waals surface area contributed by atoms with E-state index in [0.717, 1.165) is 7.14 Å². The number of Topliss-reactive ketones (excluding diaryl/α,β-unsaturated/α-hetero) is 1. The zero-order chi connectivity index (χ0) is 14.4. The molecule has 0 fully saturated rings. The van der Waals surface area contributed by atoms with E-state index in [1.807, 2.05) is 0 Å². The number of esters is 1. The molecule has 1 aromatic carbocycles. The SMILES string of the molecule is CC(=O)OCCOc1c(I)cc(C(=O)CO)cc1I. The molecule has 0 bridgehead atoms. The smallest absolute Gasteiger partial charge is 0.302 e. The predicted octanol–water partition coefficient (Wildman–Crippen LogP) is 2.01. The molecule has 104 valence electrons. The molecule has 0 spiro atoms. The first-order valence-electron chi connectivity index (χ1n) is 5.35. The summed E-state index contributed by atoms with van der Waals surface area (Å²) in [6.45, 7) is 1.25. The minimum absolute atomic E-state index is 0.179. The highest BCUT2D eigenvalue weighted by molar-refractivity contribution is 14.1. The van der Waals surface area contributed by atoms with Crippen molar-refractivity contribution < 1.29 is 24.2 Å². The van der Waals surface area contributed by atoms with Crippen LogP contribution in [0.3, 0.4) is 0 Å². The van der Waals surface area contributed by atoms with Gasteiger partial charge in [0.25, 0.3) is 0 Å². The van der Waals surface area contributed by atoms with Crippen molar-refractivity contribution in [1.29, 1.82) is 0 Å². The maximum absolute atomic E-state index is 11.4. The summed E-state index contributed by atoms with van der Waals surface area (Å²) in [5.41, 5.74) is 0.448. The molecule has 0 saturated carbocycles. The van der Waals surface area contributed by atoms with Gasteiger partial charge in [-0.05, 0) is 57.3 Å². The fraction of sp³-hybridized carbons (Fsp3) is 0.333. The van der Waals surface area contributed by atoms with Crippen molar-refractivity contribution in [3.05, 3.63) is 24.8 Å². The highest BCUT2D eigenvalue weighted by Crippen LogP contribution is 2.29. The third-order valence-corrected chi connectivity index (χ3v) is 3.70. The lowest BCUT2D eigenvalue weighted by molar-refractivity contribution is -0.141. The number of benzene rings is 1. The fourth-order valence-electron chi connectivity index (χ4n) is 1.28. The number of ether oxygens (including phenoxy) is 2. The number of hydrogen-bond acceptors (Lipinski definition) is 5. The number of ketones is 1. The van der Waals surface area contributed by atoms with E-state index < -0.39 is 6.61 Å². The number of hydrogen-bond donors (Lipinski definition) is 1. The van der Waals surface area contributed by atoms with Gasteiger partial charge in [-0.3, -0.25) is 9.59 Å². The van der Waals surface area contributed by atoms with Crippen LogP contribution in [0.2, 0.25) is 0 Å². The van der Waals surface area contributed by atoms with Crippen LogP contribution in [0.15, 0.2) is 12.1 Å². The summed E-state index contributed by atoms with van der Waals surface area (Å²) in [5, 5.41) is 8.83. The van der Waals surface area contributed by atoms with Gasteiger partial charge in [-0.1, -0.05) is 0 Å².